The molecule has 1 heterocycles. The summed E-state index contributed by atoms with van der Waals surface area (Å²) in [6.45, 7) is 5.46. The number of hydrogen-bond donors (Lipinski definition) is 2. The van der Waals surface area contributed by atoms with Crippen LogP contribution >= 0.6 is 0 Å². The molecule has 6 heteroatoms. The van der Waals surface area contributed by atoms with Crippen molar-refractivity contribution < 1.29 is 9.72 Å². The van der Waals surface area contributed by atoms with Gasteiger partial charge in [-0.05, 0) is 32.9 Å². The van der Waals surface area contributed by atoms with Crippen molar-refractivity contribution in [3.8, 4) is 0 Å². The third kappa shape index (κ3) is 2.57. The van der Waals surface area contributed by atoms with Crippen LogP contribution in [0.5, 0.6) is 0 Å². The van der Waals surface area contributed by atoms with Crippen LogP contribution in [0.15, 0.2) is 24.3 Å². The Labute approximate surface area is 110 Å². The van der Waals surface area contributed by atoms with E-state index < -0.39 is 16.4 Å². The molecule has 0 saturated carbocycles. The van der Waals surface area contributed by atoms with E-state index in [1.165, 1.54) is 0 Å². The molecule has 0 atom stereocenters. The summed E-state index contributed by atoms with van der Waals surface area (Å²) in [6, 6.07) is 6.79. The Balaban J connectivity index is 2.57. The van der Waals surface area contributed by atoms with E-state index in [-0.39, 0.29) is 11.4 Å². The van der Waals surface area contributed by atoms with Gasteiger partial charge >= 0.3 is 5.69 Å². The van der Waals surface area contributed by atoms with Gasteiger partial charge in [0.1, 0.15) is 0 Å². The Morgan fingerprint density at radius 3 is 2.53 bits per heavy atom. The third-order valence-electron chi connectivity index (χ3n) is 2.58. The monoisotopic (exact) mass is 261 g/mol. The van der Waals surface area contributed by atoms with Crippen LogP contribution in [0, 0.1) is 10.1 Å². The first-order valence-corrected chi connectivity index (χ1v) is 5.87. The third-order valence-corrected chi connectivity index (χ3v) is 2.58. The second-order valence-corrected chi connectivity index (χ2v) is 5.36. The van der Waals surface area contributed by atoms with Crippen LogP contribution in [0.1, 0.15) is 31.3 Å². The average molecular weight is 261 g/mol. The number of rotatable bonds is 2. The van der Waals surface area contributed by atoms with Gasteiger partial charge in [0.15, 0.2) is 5.69 Å². The largest absolute Gasteiger partial charge is 0.346 e. The molecule has 1 aromatic heterocycles. The standard InChI is InChI=1S/C13H15N3O3/c1-13(2,3)15-12(17)10-11(16(18)19)8-6-4-5-7-9(8)14-10/h4-7,14H,1-3H3,(H,15,17). The number of carbonyl (C=O) groups excluding carboxylic acids is 1. The first-order chi connectivity index (χ1) is 8.79. The lowest BCUT2D eigenvalue weighted by Gasteiger charge is -2.19. The highest BCUT2D eigenvalue weighted by Crippen LogP contribution is 2.29. The first kappa shape index (κ1) is 13.1. The number of carbonyl (C=O) groups is 1. The average Bonchev–Trinajstić information content (AvgIpc) is 2.65. The van der Waals surface area contributed by atoms with E-state index in [0.717, 1.165) is 0 Å². The maximum absolute atomic E-state index is 12.1. The number of aromatic nitrogens is 1. The molecule has 0 unspecified atom stereocenters. The van der Waals surface area contributed by atoms with Gasteiger partial charge in [-0.25, -0.2) is 0 Å². The highest BCUT2D eigenvalue weighted by Gasteiger charge is 2.28. The van der Waals surface area contributed by atoms with E-state index in [9.17, 15) is 14.9 Å². The number of amides is 1. The van der Waals surface area contributed by atoms with Crippen molar-refractivity contribution in [2.75, 3.05) is 0 Å². The number of H-pyrrole nitrogens is 1. The number of para-hydroxylation sites is 1. The molecule has 2 N–H and O–H groups in total. The van der Waals surface area contributed by atoms with Gasteiger partial charge in [-0.15, -0.1) is 0 Å². The predicted octanol–water partition coefficient (Wildman–Crippen LogP) is 2.60. The summed E-state index contributed by atoms with van der Waals surface area (Å²) in [4.78, 5) is 25.6. The maximum atomic E-state index is 12.1. The molecular formula is C13H15N3O3. The van der Waals surface area contributed by atoms with Crippen molar-refractivity contribution in [1.29, 1.82) is 0 Å². The van der Waals surface area contributed by atoms with Crippen LogP contribution in [0.2, 0.25) is 0 Å². The fourth-order valence-corrected chi connectivity index (χ4v) is 1.88. The van der Waals surface area contributed by atoms with Gasteiger partial charge < -0.3 is 10.3 Å². The number of nitro groups is 1. The van der Waals surface area contributed by atoms with Gasteiger partial charge in [-0.2, -0.15) is 0 Å². The maximum Gasteiger partial charge on any atom is 0.307 e. The molecular weight excluding hydrogens is 246 g/mol. The minimum Gasteiger partial charge on any atom is -0.346 e. The molecule has 0 aliphatic carbocycles. The number of hydrogen-bond acceptors (Lipinski definition) is 3. The van der Waals surface area contributed by atoms with E-state index in [4.69, 9.17) is 0 Å². The molecule has 0 aliphatic rings. The molecule has 0 aliphatic heterocycles. The van der Waals surface area contributed by atoms with Crippen LogP contribution in [0.3, 0.4) is 0 Å². The van der Waals surface area contributed by atoms with E-state index in [0.29, 0.717) is 10.9 Å². The number of benzene rings is 1. The van der Waals surface area contributed by atoms with Crippen molar-refractivity contribution >= 4 is 22.5 Å². The normalized spacial score (nSPS) is 11.5. The molecule has 1 aromatic carbocycles. The smallest absolute Gasteiger partial charge is 0.307 e. The Kier molecular flexibility index (Phi) is 3.01. The Morgan fingerprint density at radius 1 is 1.32 bits per heavy atom. The minimum atomic E-state index is -0.531. The molecule has 6 nitrogen and oxygen atoms in total. The molecule has 1 amide bonds. The van der Waals surface area contributed by atoms with Gasteiger partial charge in [0.2, 0.25) is 0 Å². The number of nitrogens with one attached hydrogen (secondary N) is 2. The molecule has 0 fully saturated rings. The molecule has 2 aromatic rings. The molecule has 0 saturated heterocycles. The summed E-state index contributed by atoms with van der Waals surface area (Å²) in [6.07, 6.45) is 0. The quantitative estimate of drug-likeness (QED) is 0.643. The fourth-order valence-electron chi connectivity index (χ4n) is 1.88. The Morgan fingerprint density at radius 2 is 1.95 bits per heavy atom. The van der Waals surface area contributed by atoms with E-state index >= 15 is 0 Å². The SMILES string of the molecule is CC(C)(C)NC(=O)c1[nH]c2ccccc2c1[N+](=O)[O-]. The van der Waals surface area contributed by atoms with Gasteiger partial charge in [-0.1, -0.05) is 12.1 Å². The Bertz CT molecular complexity index is 653. The number of nitrogens with zero attached hydrogens (tertiary/aromatic N) is 1. The molecule has 0 bridgehead atoms. The summed E-state index contributed by atoms with van der Waals surface area (Å²) >= 11 is 0. The van der Waals surface area contributed by atoms with Crippen LogP contribution in [-0.4, -0.2) is 21.4 Å². The summed E-state index contributed by atoms with van der Waals surface area (Å²) in [7, 11) is 0. The predicted molar refractivity (Wildman–Crippen MR) is 72.2 cm³/mol. The van der Waals surface area contributed by atoms with Crippen molar-refractivity contribution in [1.82, 2.24) is 10.3 Å². The van der Waals surface area contributed by atoms with Gasteiger partial charge in [-0.3, -0.25) is 14.9 Å². The molecule has 100 valence electrons. The highest BCUT2D eigenvalue weighted by atomic mass is 16.6. The Hall–Kier alpha value is -2.37. The summed E-state index contributed by atoms with van der Waals surface area (Å²) in [5, 5.41) is 14.3. The molecule has 19 heavy (non-hydrogen) atoms. The topological polar surface area (TPSA) is 88.0 Å². The molecule has 2 rings (SSSR count). The number of fused-ring (bicyclic) bond motifs is 1. The molecule has 0 radical (unpaired) electrons. The lowest BCUT2D eigenvalue weighted by molar-refractivity contribution is -0.383. The van der Waals surface area contributed by atoms with Crippen molar-refractivity contribution in [3.05, 3.63) is 40.1 Å². The fraction of sp³-hybridized carbons (Fsp3) is 0.308. The van der Waals surface area contributed by atoms with Crippen molar-refractivity contribution in [2.45, 2.75) is 26.3 Å². The van der Waals surface area contributed by atoms with E-state index in [2.05, 4.69) is 10.3 Å². The van der Waals surface area contributed by atoms with Gasteiger partial charge in [0, 0.05) is 5.54 Å². The van der Waals surface area contributed by atoms with E-state index in [1.807, 2.05) is 20.8 Å². The lowest BCUT2D eigenvalue weighted by atomic mass is 10.1. The van der Waals surface area contributed by atoms with E-state index in [1.54, 1.807) is 24.3 Å². The minimum absolute atomic E-state index is 0.0128. The van der Waals surface area contributed by atoms with Crippen molar-refractivity contribution in [3.63, 3.8) is 0 Å². The lowest BCUT2D eigenvalue weighted by Crippen LogP contribution is -2.40. The summed E-state index contributed by atoms with van der Waals surface area (Å²) in [5.74, 6) is -0.476. The number of aromatic amines is 1. The zero-order valence-electron chi connectivity index (χ0n) is 11.0. The second-order valence-electron chi connectivity index (χ2n) is 5.36. The zero-order valence-corrected chi connectivity index (χ0v) is 11.0. The van der Waals surface area contributed by atoms with Crippen LogP contribution in [0.4, 0.5) is 5.69 Å². The highest BCUT2D eigenvalue weighted by molar-refractivity contribution is 6.05. The van der Waals surface area contributed by atoms with Crippen molar-refractivity contribution in [2.24, 2.45) is 0 Å². The first-order valence-electron chi connectivity index (χ1n) is 5.87. The summed E-state index contributed by atoms with van der Waals surface area (Å²) < 4.78 is 0. The van der Waals surface area contributed by atoms with Crippen LogP contribution in [0.25, 0.3) is 10.9 Å². The summed E-state index contributed by atoms with van der Waals surface area (Å²) in [5.41, 5.74) is -0.0749. The molecule has 0 spiro atoms. The second kappa shape index (κ2) is 4.38. The van der Waals surface area contributed by atoms with Crippen LogP contribution in [-0.2, 0) is 0 Å². The van der Waals surface area contributed by atoms with Gasteiger partial charge in [0.05, 0.1) is 15.8 Å². The van der Waals surface area contributed by atoms with Gasteiger partial charge in [0.25, 0.3) is 5.91 Å². The van der Waals surface area contributed by atoms with Crippen LogP contribution < -0.4 is 5.32 Å². The zero-order chi connectivity index (χ0) is 14.2.